The Hall–Kier alpha value is -4.05. The van der Waals surface area contributed by atoms with Gasteiger partial charge < -0.3 is 25.0 Å². The Kier molecular flexibility index (Phi) is 9.24. The molecule has 2 fully saturated rings. The van der Waals surface area contributed by atoms with Crippen LogP contribution in [0.5, 0.6) is 5.88 Å². The maximum atomic E-state index is 13.8. The van der Waals surface area contributed by atoms with Crippen LogP contribution in [0, 0.1) is 19.8 Å². The van der Waals surface area contributed by atoms with Gasteiger partial charge in [-0.15, -0.1) is 22.7 Å². The van der Waals surface area contributed by atoms with E-state index < -0.39 is 41.4 Å². The number of aliphatic carboxylic acids is 1. The number of carboxylic acids is 1. The summed E-state index contributed by atoms with van der Waals surface area (Å²) >= 11 is 2.32. The van der Waals surface area contributed by atoms with Gasteiger partial charge in [-0.1, -0.05) is 12.2 Å². The third-order valence-corrected chi connectivity index (χ3v) is 10.8. The number of carbonyl (C=O) groups excluding carboxylic acids is 2. The van der Waals surface area contributed by atoms with Crippen molar-refractivity contribution in [1.82, 2.24) is 30.1 Å². The first kappa shape index (κ1) is 33.8. The second-order valence-electron chi connectivity index (χ2n) is 12.5. The van der Waals surface area contributed by atoms with Gasteiger partial charge in [0.25, 0.3) is 0 Å². The highest BCUT2D eigenvalue weighted by Gasteiger charge is 2.61. The predicted molar refractivity (Wildman–Crippen MR) is 173 cm³/mol. The molecule has 0 aromatic carbocycles. The number of allylic oxidation sites excluding steroid dienone is 1. The second-order valence-corrected chi connectivity index (χ2v) is 14.8. The van der Waals surface area contributed by atoms with Crippen LogP contribution < -0.4 is 10.1 Å². The number of aryl methyl sites for hydroxylation is 2. The maximum Gasteiger partial charge on any atom is 0.434 e. The highest BCUT2D eigenvalue weighted by Crippen LogP contribution is 2.45. The molecule has 1 saturated carbocycles. The number of aromatic nitrogens is 3. The summed E-state index contributed by atoms with van der Waals surface area (Å²) in [4.78, 5) is 57.5. The molecule has 0 radical (unpaired) electrons. The largest absolute Gasteiger partial charge is 0.479 e. The van der Waals surface area contributed by atoms with E-state index in [1.807, 2.05) is 32.1 Å². The van der Waals surface area contributed by atoms with Crippen LogP contribution in [0.25, 0.3) is 22.1 Å². The van der Waals surface area contributed by atoms with E-state index >= 15 is 0 Å². The second kappa shape index (κ2) is 13.1. The van der Waals surface area contributed by atoms with E-state index in [1.54, 1.807) is 29.4 Å². The van der Waals surface area contributed by atoms with Gasteiger partial charge in [-0.3, -0.25) is 4.79 Å². The van der Waals surface area contributed by atoms with Gasteiger partial charge in [0.05, 0.1) is 5.69 Å². The first-order valence-electron chi connectivity index (χ1n) is 15.6. The third kappa shape index (κ3) is 6.90. The fraction of sp³-hybridized carbons (Fsp3) is 0.500. The molecular formula is C32H35F3N6O5S2. The molecule has 2 aliphatic heterocycles. The number of rotatable bonds is 5. The molecule has 0 bridgehead atoms. The number of nitrogens with one attached hydrogen (secondary N) is 1. The molecular weight excluding hydrogens is 670 g/mol. The number of hydrogen-bond acceptors (Lipinski definition) is 9. The van der Waals surface area contributed by atoms with Crippen LogP contribution in [0.1, 0.15) is 54.0 Å². The van der Waals surface area contributed by atoms with Crippen LogP contribution in [0.3, 0.4) is 0 Å². The van der Waals surface area contributed by atoms with Crippen LogP contribution in [-0.4, -0.2) is 85.6 Å². The highest BCUT2D eigenvalue weighted by molar-refractivity contribution is 7.13. The fourth-order valence-electron chi connectivity index (χ4n) is 6.25. The molecule has 11 nitrogen and oxygen atoms in total. The molecule has 5 heterocycles. The molecule has 3 aliphatic rings. The molecule has 256 valence electrons. The summed E-state index contributed by atoms with van der Waals surface area (Å²) < 4.78 is 46.5. The smallest absolute Gasteiger partial charge is 0.434 e. The van der Waals surface area contributed by atoms with Crippen molar-refractivity contribution in [3.63, 3.8) is 0 Å². The van der Waals surface area contributed by atoms with Gasteiger partial charge in [-0.05, 0) is 45.6 Å². The van der Waals surface area contributed by atoms with Crippen molar-refractivity contribution in [1.29, 1.82) is 0 Å². The Morgan fingerprint density at radius 1 is 1.15 bits per heavy atom. The first-order chi connectivity index (χ1) is 22.7. The third-order valence-electron chi connectivity index (χ3n) is 8.95. The monoisotopic (exact) mass is 704 g/mol. The number of fused-ring (bicyclic) bond motifs is 2. The number of halogens is 3. The molecule has 4 atom stereocenters. The van der Waals surface area contributed by atoms with Crippen molar-refractivity contribution in [2.75, 3.05) is 20.1 Å². The van der Waals surface area contributed by atoms with Gasteiger partial charge in [0.2, 0.25) is 11.8 Å². The number of thiophene rings is 1. The molecule has 2 N–H and O–H groups in total. The van der Waals surface area contributed by atoms with E-state index in [-0.39, 0.29) is 48.0 Å². The van der Waals surface area contributed by atoms with Crippen LogP contribution in [-0.2, 0) is 15.8 Å². The number of amides is 3. The summed E-state index contributed by atoms with van der Waals surface area (Å²) in [5, 5.41) is 13.7. The fourth-order valence-corrected chi connectivity index (χ4v) is 7.94. The number of carboxylic acid groups (broad SMARTS) is 1. The van der Waals surface area contributed by atoms with Gasteiger partial charge in [-0.25, -0.2) is 19.6 Å². The lowest BCUT2D eigenvalue weighted by Gasteiger charge is -2.40. The van der Waals surface area contributed by atoms with Gasteiger partial charge in [-0.2, -0.15) is 18.2 Å². The van der Waals surface area contributed by atoms with E-state index in [1.165, 1.54) is 4.90 Å². The van der Waals surface area contributed by atoms with E-state index in [9.17, 15) is 32.7 Å². The zero-order chi connectivity index (χ0) is 34.4. The molecule has 48 heavy (non-hydrogen) atoms. The molecule has 3 aromatic rings. The van der Waals surface area contributed by atoms with Gasteiger partial charge in [0, 0.05) is 65.7 Å². The van der Waals surface area contributed by atoms with Crippen molar-refractivity contribution in [3.8, 4) is 28.0 Å². The van der Waals surface area contributed by atoms with Crippen molar-refractivity contribution in [2.45, 2.75) is 76.2 Å². The van der Waals surface area contributed by atoms with Crippen LogP contribution in [0.4, 0.5) is 18.0 Å². The van der Waals surface area contributed by atoms with E-state index in [2.05, 4.69) is 20.3 Å². The summed E-state index contributed by atoms with van der Waals surface area (Å²) in [6, 6.07) is 2.17. The SMILES string of the molecule is Cc1cc(-c2cc(O[C@H]3CCN4C(=O)N(C)CCCC/C=C\[C@@H]5C[C@@]5(C(=O)O)NC(=O)[C@@H]4C3)nc(-c3nc(C(F)(F)F)cs3)n2)c(C)s1. The highest BCUT2D eigenvalue weighted by atomic mass is 32.1. The van der Waals surface area contributed by atoms with Crippen molar-refractivity contribution < 1.29 is 37.4 Å². The lowest BCUT2D eigenvalue weighted by atomic mass is 9.98. The van der Waals surface area contributed by atoms with Gasteiger partial charge in [0.15, 0.2) is 16.5 Å². The lowest BCUT2D eigenvalue weighted by Crippen LogP contribution is -2.60. The number of hydrogen-bond donors (Lipinski definition) is 2. The molecule has 3 amide bonds. The summed E-state index contributed by atoms with van der Waals surface area (Å²) in [7, 11) is 1.68. The van der Waals surface area contributed by atoms with Crippen molar-refractivity contribution in [2.24, 2.45) is 5.92 Å². The normalized spacial score (nSPS) is 25.8. The summed E-state index contributed by atoms with van der Waals surface area (Å²) in [6.07, 6.45) is 1.49. The number of piperidine rings is 1. The predicted octanol–water partition coefficient (Wildman–Crippen LogP) is 5.93. The summed E-state index contributed by atoms with van der Waals surface area (Å²) in [6.45, 7) is 4.51. The zero-order valence-corrected chi connectivity index (χ0v) is 28.2. The Balaban J connectivity index is 1.31. The molecule has 1 aliphatic carbocycles. The number of urea groups is 1. The number of ether oxygens (including phenoxy) is 1. The topological polar surface area (TPSA) is 138 Å². The van der Waals surface area contributed by atoms with E-state index in [4.69, 9.17) is 4.74 Å². The molecule has 0 spiro atoms. The van der Waals surface area contributed by atoms with Gasteiger partial charge in [0.1, 0.15) is 17.7 Å². The summed E-state index contributed by atoms with van der Waals surface area (Å²) in [5.41, 5.74) is -1.26. The lowest BCUT2D eigenvalue weighted by molar-refractivity contribution is -0.144. The number of nitrogens with zero attached hydrogens (tertiary/aromatic N) is 5. The average Bonchev–Trinajstić information content (AvgIpc) is 3.32. The minimum Gasteiger partial charge on any atom is -0.479 e. The molecule has 6 rings (SSSR count). The quantitative estimate of drug-likeness (QED) is 0.312. The summed E-state index contributed by atoms with van der Waals surface area (Å²) in [5.74, 6) is -2.02. The van der Waals surface area contributed by atoms with Crippen LogP contribution >= 0.6 is 22.7 Å². The Morgan fingerprint density at radius 3 is 2.62 bits per heavy atom. The van der Waals surface area contributed by atoms with Crippen molar-refractivity contribution in [3.05, 3.63) is 45.1 Å². The van der Waals surface area contributed by atoms with E-state index in [0.29, 0.717) is 18.7 Å². The number of alkyl halides is 3. The zero-order valence-electron chi connectivity index (χ0n) is 26.5. The van der Waals surface area contributed by atoms with Gasteiger partial charge >= 0.3 is 18.2 Å². The minimum atomic E-state index is -4.63. The molecule has 0 unspecified atom stereocenters. The molecule has 3 aromatic heterocycles. The van der Waals surface area contributed by atoms with E-state index in [0.717, 1.165) is 51.3 Å². The van der Waals surface area contributed by atoms with Crippen molar-refractivity contribution >= 4 is 40.6 Å². The maximum absolute atomic E-state index is 13.8. The van der Waals surface area contributed by atoms with Crippen LogP contribution in [0.2, 0.25) is 0 Å². The number of thiazole rings is 1. The standard InChI is InChI=1S/C32H35F3N6O5S2/c1-17-12-21(18(2)48-17)22-14-25(38-26(36-22)28-37-24(16-47-28)32(33,34)35)46-20-9-11-41-23(13-20)27(42)39-31(29(43)44)15-19(31)8-6-4-5-7-10-40(3)30(41)45/h6,8,12,14,16,19-20,23H,4-5,7,9-11,13,15H2,1-3H3,(H,39,42)(H,43,44)/b8-6-/t19-,20+,23+,31-/m1/s1. The average molecular weight is 705 g/mol. The number of carbonyl (C=O) groups is 3. The first-order valence-corrected chi connectivity index (χ1v) is 17.3. The molecule has 1 saturated heterocycles. The molecule has 16 heteroatoms. The Bertz CT molecular complexity index is 1760. The Morgan fingerprint density at radius 2 is 1.94 bits per heavy atom. The van der Waals surface area contributed by atoms with Crippen LogP contribution in [0.15, 0.2) is 29.7 Å². The minimum absolute atomic E-state index is 0.0282. The Labute approximate surface area is 282 Å².